The lowest BCUT2D eigenvalue weighted by molar-refractivity contribution is 0.584. The summed E-state index contributed by atoms with van der Waals surface area (Å²) in [6, 6.07) is 8.16. The van der Waals surface area contributed by atoms with E-state index in [1.165, 1.54) is 24.4 Å². The summed E-state index contributed by atoms with van der Waals surface area (Å²) >= 11 is 0. The van der Waals surface area contributed by atoms with Crippen LogP contribution in [-0.2, 0) is 0 Å². The molecule has 4 heteroatoms. The Morgan fingerprint density at radius 1 is 1.00 bits per heavy atom. The second-order valence-electron chi connectivity index (χ2n) is 3.20. The third-order valence-corrected chi connectivity index (χ3v) is 2.07. The molecule has 0 saturated heterocycles. The molecule has 0 amide bonds. The summed E-state index contributed by atoms with van der Waals surface area (Å²) in [5.74, 6) is -1.30. The van der Waals surface area contributed by atoms with Crippen molar-refractivity contribution in [3.8, 4) is 17.2 Å². The van der Waals surface area contributed by atoms with Crippen LogP contribution in [0.3, 0.4) is 0 Å². The molecule has 0 N–H and O–H groups in total. The van der Waals surface area contributed by atoms with Crippen LogP contribution in [0.2, 0.25) is 0 Å². The highest BCUT2D eigenvalue weighted by atomic mass is 19.1. The van der Waals surface area contributed by atoms with E-state index >= 15 is 0 Å². The van der Waals surface area contributed by atoms with Gasteiger partial charge < -0.3 is 0 Å². The maximum Gasteiger partial charge on any atom is 0.141 e. The number of rotatable bonds is 1. The number of hydrogen-bond acceptors (Lipinski definition) is 2. The molecule has 1 heterocycles. The first-order valence-electron chi connectivity index (χ1n) is 4.51. The molecule has 2 nitrogen and oxygen atoms in total. The van der Waals surface area contributed by atoms with Gasteiger partial charge in [-0.3, -0.25) is 0 Å². The number of halogens is 2. The number of aromatic nitrogens is 1. The summed E-state index contributed by atoms with van der Waals surface area (Å²) in [6.07, 6.45) is 1.43. The number of benzene rings is 1. The topological polar surface area (TPSA) is 36.7 Å². The van der Waals surface area contributed by atoms with E-state index in [2.05, 4.69) is 4.98 Å². The molecule has 0 aliphatic heterocycles. The first kappa shape index (κ1) is 10.2. The SMILES string of the molecule is N#Cc1cc(-c2cc(F)cc(F)c2)ccn1. The highest BCUT2D eigenvalue weighted by Gasteiger charge is 2.04. The van der Waals surface area contributed by atoms with E-state index < -0.39 is 11.6 Å². The van der Waals surface area contributed by atoms with Gasteiger partial charge in [-0.05, 0) is 35.4 Å². The fourth-order valence-electron chi connectivity index (χ4n) is 1.39. The predicted molar refractivity (Wildman–Crippen MR) is 54.3 cm³/mol. The van der Waals surface area contributed by atoms with Gasteiger partial charge in [0.05, 0.1) is 0 Å². The van der Waals surface area contributed by atoms with Crippen molar-refractivity contribution in [1.29, 1.82) is 5.26 Å². The molecular formula is C12H6F2N2. The van der Waals surface area contributed by atoms with Crippen LogP contribution < -0.4 is 0 Å². The molecule has 1 aromatic heterocycles. The summed E-state index contributed by atoms with van der Waals surface area (Å²) in [4.78, 5) is 3.78. The van der Waals surface area contributed by atoms with Crippen LogP contribution in [0.1, 0.15) is 5.69 Å². The maximum atomic E-state index is 13.0. The van der Waals surface area contributed by atoms with Crippen molar-refractivity contribution < 1.29 is 8.78 Å². The van der Waals surface area contributed by atoms with Crippen LogP contribution in [-0.4, -0.2) is 4.98 Å². The van der Waals surface area contributed by atoms with Crippen LogP contribution in [0.4, 0.5) is 8.78 Å². The molecule has 0 aliphatic carbocycles. The zero-order valence-electron chi connectivity index (χ0n) is 8.11. The van der Waals surface area contributed by atoms with Crippen molar-refractivity contribution in [2.75, 3.05) is 0 Å². The second-order valence-corrected chi connectivity index (χ2v) is 3.20. The van der Waals surface area contributed by atoms with Gasteiger partial charge in [0.1, 0.15) is 23.4 Å². The fraction of sp³-hybridized carbons (Fsp3) is 0. The molecule has 1 aromatic carbocycles. The van der Waals surface area contributed by atoms with E-state index in [1.807, 2.05) is 6.07 Å². The first-order chi connectivity index (χ1) is 7.69. The zero-order valence-corrected chi connectivity index (χ0v) is 8.11. The Balaban J connectivity index is 2.54. The predicted octanol–water partition coefficient (Wildman–Crippen LogP) is 2.90. The van der Waals surface area contributed by atoms with Crippen LogP contribution in [0.25, 0.3) is 11.1 Å². The number of pyridine rings is 1. The molecule has 0 fully saturated rings. The Labute approximate surface area is 90.8 Å². The molecule has 0 atom stereocenters. The minimum absolute atomic E-state index is 0.210. The highest BCUT2D eigenvalue weighted by molar-refractivity contribution is 5.64. The Bertz CT molecular complexity index is 553. The van der Waals surface area contributed by atoms with E-state index in [0.717, 1.165) is 6.07 Å². The summed E-state index contributed by atoms with van der Waals surface area (Å²) < 4.78 is 26.0. The van der Waals surface area contributed by atoms with Gasteiger partial charge in [0.15, 0.2) is 0 Å². The van der Waals surface area contributed by atoms with Crippen molar-refractivity contribution in [2.24, 2.45) is 0 Å². The fourth-order valence-corrected chi connectivity index (χ4v) is 1.39. The smallest absolute Gasteiger partial charge is 0.141 e. The lowest BCUT2D eigenvalue weighted by Gasteiger charge is -2.02. The van der Waals surface area contributed by atoms with Gasteiger partial charge in [0.2, 0.25) is 0 Å². The third-order valence-electron chi connectivity index (χ3n) is 2.07. The minimum Gasteiger partial charge on any atom is -0.246 e. The van der Waals surface area contributed by atoms with Gasteiger partial charge in [-0.1, -0.05) is 0 Å². The second kappa shape index (κ2) is 4.07. The molecular weight excluding hydrogens is 210 g/mol. The standard InChI is InChI=1S/C12H6F2N2/c13-10-3-9(4-11(14)6-10)8-1-2-16-12(5-8)7-15/h1-6H. The number of hydrogen-bond donors (Lipinski definition) is 0. The Morgan fingerprint density at radius 3 is 2.31 bits per heavy atom. The van der Waals surface area contributed by atoms with Crippen molar-refractivity contribution in [1.82, 2.24) is 4.98 Å². The molecule has 0 bridgehead atoms. The molecule has 0 spiro atoms. The lowest BCUT2D eigenvalue weighted by Crippen LogP contribution is -1.87. The van der Waals surface area contributed by atoms with E-state index in [1.54, 1.807) is 6.07 Å². The molecule has 0 saturated carbocycles. The molecule has 16 heavy (non-hydrogen) atoms. The summed E-state index contributed by atoms with van der Waals surface area (Å²) in [7, 11) is 0. The molecule has 2 aromatic rings. The van der Waals surface area contributed by atoms with Gasteiger partial charge in [0, 0.05) is 12.3 Å². The quantitative estimate of drug-likeness (QED) is 0.734. The molecule has 0 aliphatic rings. The first-order valence-corrected chi connectivity index (χ1v) is 4.51. The van der Waals surface area contributed by atoms with Crippen molar-refractivity contribution in [3.63, 3.8) is 0 Å². The van der Waals surface area contributed by atoms with E-state index in [-0.39, 0.29) is 5.69 Å². The van der Waals surface area contributed by atoms with Crippen LogP contribution in [0.5, 0.6) is 0 Å². The van der Waals surface area contributed by atoms with Crippen molar-refractivity contribution in [2.45, 2.75) is 0 Å². The minimum atomic E-state index is -0.648. The third kappa shape index (κ3) is 2.04. The van der Waals surface area contributed by atoms with Gasteiger partial charge in [-0.2, -0.15) is 5.26 Å². The van der Waals surface area contributed by atoms with Crippen LogP contribution in [0.15, 0.2) is 36.5 Å². The number of nitrogens with zero attached hydrogens (tertiary/aromatic N) is 2. The Kier molecular flexibility index (Phi) is 2.61. The molecule has 78 valence electrons. The van der Waals surface area contributed by atoms with Crippen LogP contribution in [0, 0.1) is 23.0 Å². The van der Waals surface area contributed by atoms with Gasteiger partial charge >= 0.3 is 0 Å². The molecule has 0 unspecified atom stereocenters. The van der Waals surface area contributed by atoms with Gasteiger partial charge in [-0.25, -0.2) is 13.8 Å². The van der Waals surface area contributed by atoms with Crippen LogP contribution >= 0.6 is 0 Å². The summed E-state index contributed by atoms with van der Waals surface area (Å²) in [5, 5.41) is 8.66. The van der Waals surface area contributed by atoms with Gasteiger partial charge in [0.25, 0.3) is 0 Å². The number of nitriles is 1. The summed E-state index contributed by atoms with van der Waals surface area (Å²) in [6.45, 7) is 0. The van der Waals surface area contributed by atoms with E-state index in [4.69, 9.17) is 5.26 Å². The normalized spacial score (nSPS) is 9.81. The average Bonchev–Trinajstić information content (AvgIpc) is 2.28. The van der Waals surface area contributed by atoms with Gasteiger partial charge in [-0.15, -0.1) is 0 Å². The Hall–Kier alpha value is -2.28. The maximum absolute atomic E-state index is 13.0. The largest absolute Gasteiger partial charge is 0.246 e. The van der Waals surface area contributed by atoms with E-state index in [0.29, 0.717) is 11.1 Å². The lowest BCUT2D eigenvalue weighted by atomic mass is 10.1. The average molecular weight is 216 g/mol. The highest BCUT2D eigenvalue weighted by Crippen LogP contribution is 2.21. The molecule has 2 rings (SSSR count). The summed E-state index contributed by atoms with van der Waals surface area (Å²) in [5.41, 5.74) is 1.16. The van der Waals surface area contributed by atoms with Crippen molar-refractivity contribution >= 4 is 0 Å². The molecule has 0 radical (unpaired) electrons. The van der Waals surface area contributed by atoms with E-state index in [9.17, 15) is 8.78 Å². The Morgan fingerprint density at radius 2 is 1.69 bits per heavy atom. The zero-order chi connectivity index (χ0) is 11.5. The monoisotopic (exact) mass is 216 g/mol. The van der Waals surface area contributed by atoms with Crippen molar-refractivity contribution in [3.05, 3.63) is 53.9 Å².